The first-order valence-electron chi connectivity index (χ1n) is 14.0. The van der Waals surface area contributed by atoms with Crippen LogP contribution in [0.1, 0.15) is 43.4 Å². The van der Waals surface area contributed by atoms with Gasteiger partial charge in [-0.15, -0.1) is 0 Å². The molecule has 2 N–H and O–H groups in total. The van der Waals surface area contributed by atoms with Crippen molar-refractivity contribution in [2.75, 3.05) is 6.54 Å². The molecule has 1 aliphatic heterocycles. The Labute approximate surface area is 241 Å². The molecule has 9 heteroatoms. The normalized spacial score (nSPS) is 16.5. The second-order valence-corrected chi connectivity index (χ2v) is 13.2. The highest BCUT2D eigenvalue weighted by atomic mass is 31.2. The molecule has 3 aromatic carbocycles. The largest absolute Gasteiger partial charge is 0.459 e. The lowest BCUT2D eigenvalue weighted by molar-refractivity contribution is -0.149. The molecule has 0 aromatic heterocycles. The summed E-state index contributed by atoms with van der Waals surface area (Å²) in [6.45, 7) is 3.79. The fourth-order valence-corrected chi connectivity index (χ4v) is 7.80. The molecular weight excluding hydrogens is 537 g/mol. The SMILES string of the molecule is C[C@H](NP(=O)(Cc1ccccc1)Cc1ccccc1)C(=O)N1CCC[C@H]1C(=O)N[C@H](C)C(=O)OCc1ccccc1. The summed E-state index contributed by atoms with van der Waals surface area (Å²) in [5.41, 5.74) is 2.70. The number of likely N-dealkylation sites (tertiary alicyclic amines) is 1. The van der Waals surface area contributed by atoms with E-state index in [0.717, 1.165) is 16.7 Å². The molecule has 1 heterocycles. The fourth-order valence-electron chi connectivity index (χ4n) is 5.09. The third-order valence-corrected chi connectivity index (χ3v) is 9.75. The first-order chi connectivity index (χ1) is 19.7. The van der Waals surface area contributed by atoms with Gasteiger partial charge in [0, 0.05) is 18.9 Å². The minimum Gasteiger partial charge on any atom is -0.459 e. The van der Waals surface area contributed by atoms with Gasteiger partial charge in [-0.2, -0.15) is 0 Å². The second-order valence-electron chi connectivity index (χ2n) is 10.5. The zero-order valence-electron chi connectivity index (χ0n) is 23.6. The Morgan fingerprint density at radius 3 is 1.88 bits per heavy atom. The fraction of sp³-hybridized carbons (Fsp3) is 0.344. The number of amides is 2. The third kappa shape index (κ3) is 8.62. The van der Waals surface area contributed by atoms with E-state index >= 15 is 0 Å². The quantitative estimate of drug-likeness (QED) is 0.236. The van der Waals surface area contributed by atoms with Gasteiger partial charge in [-0.1, -0.05) is 91.0 Å². The number of nitrogens with zero attached hydrogens (tertiary/aromatic N) is 1. The maximum Gasteiger partial charge on any atom is 0.328 e. The van der Waals surface area contributed by atoms with Crippen LogP contribution in [0.5, 0.6) is 0 Å². The first-order valence-corrected chi connectivity index (χ1v) is 16.1. The molecule has 216 valence electrons. The Bertz CT molecular complexity index is 1310. The lowest BCUT2D eigenvalue weighted by atomic mass is 10.1. The number of nitrogens with one attached hydrogen (secondary N) is 2. The van der Waals surface area contributed by atoms with Crippen LogP contribution in [-0.4, -0.2) is 47.4 Å². The highest BCUT2D eigenvalue weighted by Gasteiger charge is 2.38. The van der Waals surface area contributed by atoms with Crippen LogP contribution in [0.2, 0.25) is 0 Å². The Kier molecular flexibility index (Phi) is 10.5. The Morgan fingerprint density at radius 2 is 1.34 bits per heavy atom. The summed E-state index contributed by atoms with van der Waals surface area (Å²) in [5, 5.41) is 5.89. The van der Waals surface area contributed by atoms with E-state index in [2.05, 4.69) is 10.4 Å². The molecular formula is C32H38N3O5P. The van der Waals surface area contributed by atoms with E-state index in [1.54, 1.807) is 13.8 Å². The van der Waals surface area contributed by atoms with E-state index in [4.69, 9.17) is 4.74 Å². The standard InChI is InChI=1S/C32H38N3O5P/c1-24(34-41(39,22-27-15-8-4-9-16-27)23-28-17-10-5-11-18-28)31(37)35-20-12-19-29(35)30(36)33-25(2)32(38)40-21-26-13-6-3-7-14-26/h3-11,13-18,24-25,29H,12,19-23H2,1-2H3,(H,33,36)(H,34,39)/t24-,25+,29-/m0/s1. The monoisotopic (exact) mass is 575 g/mol. The first kappa shape index (κ1) is 30.2. The predicted molar refractivity (Wildman–Crippen MR) is 159 cm³/mol. The number of carbonyl (C=O) groups is 3. The molecule has 0 aliphatic carbocycles. The van der Waals surface area contributed by atoms with Crippen LogP contribution >= 0.6 is 7.29 Å². The van der Waals surface area contributed by atoms with E-state index in [9.17, 15) is 18.9 Å². The number of rotatable bonds is 12. The van der Waals surface area contributed by atoms with E-state index in [1.807, 2.05) is 91.0 Å². The molecule has 0 unspecified atom stereocenters. The van der Waals surface area contributed by atoms with Gasteiger partial charge in [-0.3, -0.25) is 14.7 Å². The summed E-state index contributed by atoms with van der Waals surface area (Å²) >= 11 is 0. The molecule has 1 aliphatic rings. The van der Waals surface area contributed by atoms with E-state index < -0.39 is 37.3 Å². The van der Waals surface area contributed by atoms with Gasteiger partial charge in [0.1, 0.15) is 18.7 Å². The van der Waals surface area contributed by atoms with Gasteiger partial charge < -0.3 is 19.5 Å². The molecule has 0 spiro atoms. The van der Waals surface area contributed by atoms with E-state index in [1.165, 1.54) is 4.90 Å². The summed E-state index contributed by atoms with van der Waals surface area (Å²) in [7, 11) is -3.09. The van der Waals surface area contributed by atoms with Gasteiger partial charge in [-0.25, -0.2) is 4.79 Å². The topological polar surface area (TPSA) is 105 Å². The molecule has 1 fully saturated rings. The number of benzene rings is 3. The number of esters is 1. The summed E-state index contributed by atoms with van der Waals surface area (Å²) < 4.78 is 19.6. The van der Waals surface area contributed by atoms with Crippen LogP contribution in [0.3, 0.4) is 0 Å². The van der Waals surface area contributed by atoms with Crippen molar-refractivity contribution in [1.82, 2.24) is 15.3 Å². The van der Waals surface area contributed by atoms with Crippen molar-refractivity contribution in [2.45, 2.75) is 63.7 Å². The van der Waals surface area contributed by atoms with Crippen LogP contribution in [-0.2, 0) is 42.6 Å². The third-order valence-electron chi connectivity index (χ3n) is 7.14. The number of carbonyl (C=O) groups excluding carboxylic acids is 3. The van der Waals surface area contributed by atoms with E-state index in [-0.39, 0.29) is 12.5 Å². The van der Waals surface area contributed by atoms with Crippen LogP contribution in [0.25, 0.3) is 0 Å². The zero-order valence-corrected chi connectivity index (χ0v) is 24.5. The molecule has 0 radical (unpaired) electrons. The molecule has 2 amide bonds. The average molecular weight is 576 g/mol. The van der Waals surface area contributed by atoms with Crippen LogP contribution in [0, 0.1) is 0 Å². The predicted octanol–water partition coefficient (Wildman–Crippen LogP) is 4.88. The molecule has 0 bridgehead atoms. The molecule has 1 saturated heterocycles. The molecule has 0 saturated carbocycles. The minimum atomic E-state index is -3.09. The highest BCUT2D eigenvalue weighted by molar-refractivity contribution is 7.60. The van der Waals surface area contributed by atoms with Crippen molar-refractivity contribution in [2.24, 2.45) is 0 Å². The molecule has 4 rings (SSSR count). The van der Waals surface area contributed by atoms with Gasteiger partial charge in [0.05, 0.1) is 6.04 Å². The smallest absolute Gasteiger partial charge is 0.328 e. The number of hydrogen-bond acceptors (Lipinski definition) is 5. The highest BCUT2D eigenvalue weighted by Crippen LogP contribution is 2.49. The zero-order chi connectivity index (χ0) is 29.2. The van der Waals surface area contributed by atoms with Crippen molar-refractivity contribution in [3.8, 4) is 0 Å². The maximum absolute atomic E-state index is 14.3. The van der Waals surface area contributed by atoms with Crippen LogP contribution < -0.4 is 10.4 Å². The van der Waals surface area contributed by atoms with Crippen molar-refractivity contribution >= 4 is 25.1 Å². The van der Waals surface area contributed by atoms with Crippen molar-refractivity contribution < 1.29 is 23.7 Å². The maximum atomic E-state index is 14.3. The second kappa shape index (κ2) is 14.2. The summed E-state index contributed by atoms with van der Waals surface area (Å²) in [5.74, 6) is -1.23. The molecule has 8 nitrogen and oxygen atoms in total. The number of hydrogen-bond donors (Lipinski definition) is 2. The van der Waals surface area contributed by atoms with Crippen molar-refractivity contribution in [1.29, 1.82) is 0 Å². The Morgan fingerprint density at radius 1 is 0.829 bits per heavy atom. The molecule has 3 atom stereocenters. The summed E-state index contributed by atoms with van der Waals surface area (Å²) in [6.07, 6.45) is 1.75. The van der Waals surface area contributed by atoms with Crippen molar-refractivity contribution in [3.63, 3.8) is 0 Å². The Balaban J connectivity index is 1.38. The van der Waals surface area contributed by atoms with E-state index in [0.29, 0.717) is 31.7 Å². The van der Waals surface area contributed by atoms with Gasteiger partial charge >= 0.3 is 5.97 Å². The van der Waals surface area contributed by atoms with Gasteiger partial charge in [0.25, 0.3) is 0 Å². The summed E-state index contributed by atoms with van der Waals surface area (Å²) in [4.78, 5) is 40.8. The van der Waals surface area contributed by atoms with Gasteiger partial charge in [-0.05, 0) is 43.4 Å². The van der Waals surface area contributed by atoms with Crippen LogP contribution in [0.4, 0.5) is 0 Å². The van der Waals surface area contributed by atoms with Gasteiger partial charge in [0.15, 0.2) is 7.29 Å². The molecule has 3 aromatic rings. The van der Waals surface area contributed by atoms with Crippen molar-refractivity contribution in [3.05, 3.63) is 108 Å². The lowest BCUT2D eigenvalue weighted by Crippen LogP contribution is -2.53. The molecule has 41 heavy (non-hydrogen) atoms. The summed E-state index contributed by atoms with van der Waals surface area (Å²) in [6, 6.07) is 26.1. The average Bonchev–Trinajstić information content (AvgIpc) is 3.47. The van der Waals surface area contributed by atoms with Crippen LogP contribution in [0.15, 0.2) is 91.0 Å². The number of ether oxygens (including phenoxy) is 1. The van der Waals surface area contributed by atoms with Gasteiger partial charge in [0.2, 0.25) is 11.8 Å². The Hall–Kier alpha value is -3.74. The minimum absolute atomic E-state index is 0.114. The lowest BCUT2D eigenvalue weighted by Gasteiger charge is -2.30.